The van der Waals surface area contributed by atoms with Crippen LogP contribution in [-0.4, -0.2) is 15.7 Å². The van der Waals surface area contributed by atoms with Crippen LogP contribution < -0.4 is 10.3 Å². The van der Waals surface area contributed by atoms with E-state index in [1.54, 1.807) is 49.4 Å². The summed E-state index contributed by atoms with van der Waals surface area (Å²) in [5.41, 5.74) is 0.654. The normalized spacial score (nSPS) is 10.8. The van der Waals surface area contributed by atoms with Crippen molar-refractivity contribution in [3.8, 4) is 5.75 Å². The summed E-state index contributed by atoms with van der Waals surface area (Å²) in [5, 5.41) is 5.74. The van der Waals surface area contributed by atoms with E-state index in [-0.39, 0.29) is 11.3 Å². The molecule has 0 radical (unpaired) electrons. The first kappa shape index (κ1) is 17.2. The molecule has 2 aromatic carbocycles. The van der Waals surface area contributed by atoms with Crippen molar-refractivity contribution in [3.63, 3.8) is 0 Å². The van der Waals surface area contributed by atoms with Gasteiger partial charge in [0.05, 0.1) is 5.39 Å². The molecule has 25 heavy (non-hydrogen) atoms. The van der Waals surface area contributed by atoms with Gasteiger partial charge < -0.3 is 4.74 Å². The summed E-state index contributed by atoms with van der Waals surface area (Å²) >= 11 is 5.93. The highest BCUT2D eigenvalue weighted by Crippen LogP contribution is 2.23. The van der Waals surface area contributed by atoms with Crippen LogP contribution in [0.2, 0.25) is 5.02 Å². The summed E-state index contributed by atoms with van der Waals surface area (Å²) in [7, 11) is 0. The molecule has 0 aliphatic carbocycles. The number of halogens is 1. The van der Waals surface area contributed by atoms with Crippen molar-refractivity contribution in [2.45, 2.75) is 26.8 Å². The van der Waals surface area contributed by atoms with Gasteiger partial charge in [-0.25, -0.2) is 9.48 Å². The lowest BCUT2D eigenvalue weighted by molar-refractivity contribution is 0.0727. The molecule has 1 aromatic heterocycles. The maximum absolute atomic E-state index is 12.7. The first-order valence-electron chi connectivity index (χ1n) is 7.99. The highest BCUT2D eigenvalue weighted by molar-refractivity contribution is 6.30. The predicted molar refractivity (Wildman–Crippen MR) is 97.4 cm³/mol. The average molecular weight is 357 g/mol. The molecule has 0 fully saturated rings. The van der Waals surface area contributed by atoms with Crippen molar-refractivity contribution in [1.82, 2.24) is 9.78 Å². The van der Waals surface area contributed by atoms with Crippen LogP contribution in [0, 0.1) is 6.92 Å². The third kappa shape index (κ3) is 3.42. The van der Waals surface area contributed by atoms with E-state index in [1.165, 1.54) is 4.68 Å². The Balaban J connectivity index is 2.09. The molecular weight excluding hydrogens is 340 g/mol. The molecule has 1 heterocycles. The number of nitrogens with zero attached hydrogens (tertiary/aromatic N) is 2. The minimum atomic E-state index is -0.605. The van der Waals surface area contributed by atoms with Crippen LogP contribution in [0.25, 0.3) is 10.8 Å². The molecule has 0 saturated carbocycles. The van der Waals surface area contributed by atoms with E-state index in [2.05, 4.69) is 5.10 Å². The fourth-order valence-corrected chi connectivity index (χ4v) is 2.85. The Hall–Kier alpha value is -2.66. The highest BCUT2D eigenvalue weighted by atomic mass is 35.5. The number of aryl methyl sites for hydroxylation is 2. The lowest BCUT2D eigenvalue weighted by Crippen LogP contribution is -2.27. The number of carbonyl (C=O) groups is 1. The molecule has 0 aliphatic heterocycles. The highest BCUT2D eigenvalue weighted by Gasteiger charge is 2.19. The van der Waals surface area contributed by atoms with Gasteiger partial charge in [-0.3, -0.25) is 4.79 Å². The molecule has 0 amide bonds. The van der Waals surface area contributed by atoms with Crippen molar-refractivity contribution in [2.75, 3.05) is 0 Å². The van der Waals surface area contributed by atoms with Crippen molar-refractivity contribution in [3.05, 3.63) is 69.1 Å². The van der Waals surface area contributed by atoms with Gasteiger partial charge in [0.1, 0.15) is 5.75 Å². The van der Waals surface area contributed by atoms with Crippen LogP contribution in [0.5, 0.6) is 5.75 Å². The zero-order valence-electron chi connectivity index (χ0n) is 14.0. The molecule has 3 rings (SSSR count). The number of aromatic nitrogens is 2. The number of benzene rings is 2. The van der Waals surface area contributed by atoms with Gasteiger partial charge in [0.2, 0.25) is 0 Å². The number of hydrogen-bond acceptors (Lipinski definition) is 4. The third-order valence-electron chi connectivity index (χ3n) is 3.84. The Kier molecular flexibility index (Phi) is 4.86. The summed E-state index contributed by atoms with van der Waals surface area (Å²) < 4.78 is 6.81. The van der Waals surface area contributed by atoms with Crippen molar-refractivity contribution in [2.24, 2.45) is 0 Å². The van der Waals surface area contributed by atoms with E-state index in [4.69, 9.17) is 16.3 Å². The van der Waals surface area contributed by atoms with Crippen molar-refractivity contribution < 1.29 is 9.53 Å². The topological polar surface area (TPSA) is 61.2 Å². The van der Waals surface area contributed by atoms with Crippen LogP contribution in [-0.2, 0) is 6.54 Å². The zero-order chi connectivity index (χ0) is 18.0. The minimum Gasteiger partial charge on any atom is -0.421 e. The van der Waals surface area contributed by atoms with Gasteiger partial charge in [-0.1, -0.05) is 36.7 Å². The number of ether oxygens (including phenoxy) is 1. The largest absolute Gasteiger partial charge is 0.421 e. The monoisotopic (exact) mass is 356 g/mol. The second-order valence-corrected chi connectivity index (χ2v) is 6.16. The molecule has 0 saturated heterocycles. The fourth-order valence-electron chi connectivity index (χ4n) is 2.62. The number of esters is 1. The maximum Gasteiger partial charge on any atom is 0.364 e. The molecule has 0 spiro atoms. The van der Waals surface area contributed by atoms with E-state index < -0.39 is 5.97 Å². The summed E-state index contributed by atoms with van der Waals surface area (Å²) in [5.74, 6) is -0.194. The molecule has 6 heteroatoms. The summed E-state index contributed by atoms with van der Waals surface area (Å²) in [6.45, 7) is 4.18. The van der Waals surface area contributed by atoms with Crippen molar-refractivity contribution in [1.29, 1.82) is 0 Å². The number of hydrogen-bond donors (Lipinski definition) is 0. The Morgan fingerprint density at radius 3 is 2.60 bits per heavy atom. The van der Waals surface area contributed by atoms with E-state index in [0.29, 0.717) is 28.1 Å². The number of rotatable bonds is 4. The van der Waals surface area contributed by atoms with Gasteiger partial charge in [0.15, 0.2) is 5.69 Å². The van der Waals surface area contributed by atoms with Gasteiger partial charge in [-0.2, -0.15) is 5.10 Å². The van der Waals surface area contributed by atoms with E-state index in [9.17, 15) is 9.59 Å². The Bertz CT molecular complexity index is 1010. The van der Waals surface area contributed by atoms with Gasteiger partial charge in [-0.05, 0) is 43.2 Å². The molecule has 0 N–H and O–H groups in total. The van der Waals surface area contributed by atoms with Crippen LogP contribution >= 0.6 is 11.6 Å². The molecule has 0 unspecified atom stereocenters. The average Bonchev–Trinajstić information content (AvgIpc) is 2.60. The van der Waals surface area contributed by atoms with Gasteiger partial charge >= 0.3 is 5.97 Å². The molecule has 0 aliphatic rings. The smallest absolute Gasteiger partial charge is 0.364 e. The molecule has 0 bridgehead atoms. The Labute approximate surface area is 149 Å². The van der Waals surface area contributed by atoms with Crippen LogP contribution in [0.4, 0.5) is 0 Å². The molecule has 0 atom stereocenters. The third-order valence-corrected chi connectivity index (χ3v) is 4.07. The summed E-state index contributed by atoms with van der Waals surface area (Å²) in [6, 6.07) is 11.9. The quantitative estimate of drug-likeness (QED) is 0.524. The first-order chi connectivity index (χ1) is 12.0. The molecular formula is C19H17ClN2O3. The SMILES string of the molecule is CCCn1nc(C(=O)Oc2ccc(Cl)cc2C)c2ccccc2c1=O. The second kappa shape index (κ2) is 7.07. The minimum absolute atomic E-state index is 0.123. The predicted octanol–water partition coefficient (Wildman–Crippen LogP) is 3.99. The molecule has 128 valence electrons. The van der Waals surface area contributed by atoms with E-state index in [1.807, 2.05) is 6.92 Å². The lowest BCUT2D eigenvalue weighted by atomic mass is 10.1. The molecule has 3 aromatic rings. The maximum atomic E-state index is 12.7. The van der Waals surface area contributed by atoms with E-state index in [0.717, 1.165) is 12.0 Å². The van der Waals surface area contributed by atoms with Gasteiger partial charge in [0, 0.05) is 17.0 Å². The van der Waals surface area contributed by atoms with Crippen LogP contribution in [0.15, 0.2) is 47.3 Å². The van der Waals surface area contributed by atoms with Gasteiger partial charge in [-0.15, -0.1) is 0 Å². The standard InChI is InChI=1S/C19H17ClN2O3/c1-3-10-22-18(23)15-7-5-4-6-14(15)17(21-22)19(24)25-16-9-8-13(20)11-12(16)2/h4-9,11H,3,10H2,1-2H3. The first-order valence-corrected chi connectivity index (χ1v) is 8.37. The fraction of sp³-hybridized carbons (Fsp3) is 0.211. The van der Waals surface area contributed by atoms with Crippen LogP contribution in [0.3, 0.4) is 0 Å². The van der Waals surface area contributed by atoms with Gasteiger partial charge in [0.25, 0.3) is 5.56 Å². The van der Waals surface area contributed by atoms with Crippen LogP contribution in [0.1, 0.15) is 29.4 Å². The number of fused-ring (bicyclic) bond motifs is 1. The molecule has 5 nitrogen and oxygen atoms in total. The number of carbonyl (C=O) groups excluding carboxylic acids is 1. The Morgan fingerprint density at radius 1 is 1.20 bits per heavy atom. The lowest BCUT2D eigenvalue weighted by Gasteiger charge is -2.11. The Morgan fingerprint density at radius 2 is 1.92 bits per heavy atom. The zero-order valence-corrected chi connectivity index (χ0v) is 14.7. The second-order valence-electron chi connectivity index (χ2n) is 5.72. The summed E-state index contributed by atoms with van der Waals surface area (Å²) in [6.07, 6.45) is 0.732. The summed E-state index contributed by atoms with van der Waals surface area (Å²) in [4.78, 5) is 25.2. The van der Waals surface area contributed by atoms with Crippen molar-refractivity contribution >= 4 is 28.3 Å². The van der Waals surface area contributed by atoms with E-state index >= 15 is 0 Å².